The van der Waals surface area contributed by atoms with Crippen LogP contribution in [0.15, 0.2) is 41.1 Å². The highest BCUT2D eigenvalue weighted by molar-refractivity contribution is 9.10. The largest absolute Gasteiger partial charge is 0.234 e. The molecule has 0 amide bonds. The van der Waals surface area contributed by atoms with Gasteiger partial charge in [0.1, 0.15) is 4.60 Å². The molecule has 2 aromatic heterocycles. The van der Waals surface area contributed by atoms with Crippen LogP contribution in [0.3, 0.4) is 0 Å². The highest BCUT2D eigenvalue weighted by Crippen LogP contribution is 2.23. The molecule has 3 rings (SSSR count). The van der Waals surface area contributed by atoms with Gasteiger partial charge in [0.15, 0.2) is 5.65 Å². The van der Waals surface area contributed by atoms with Gasteiger partial charge in [-0.3, -0.25) is 0 Å². The van der Waals surface area contributed by atoms with Crippen molar-refractivity contribution in [3.63, 3.8) is 0 Å². The predicted molar refractivity (Wildman–Crippen MR) is 75.6 cm³/mol. The van der Waals surface area contributed by atoms with Crippen LogP contribution < -0.4 is 0 Å². The maximum absolute atomic E-state index is 4.61. The molecule has 0 bridgehead atoms. The molecule has 0 aliphatic heterocycles. The first-order valence-electron chi connectivity index (χ1n) is 5.73. The number of hydrogen-bond acceptors (Lipinski definition) is 2. The van der Waals surface area contributed by atoms with E-state index in [9.17, 15) is 0 Å². The Hall–Kier alpha value is -1.68. The zero-order valence-corrected chi connectivity index (χ0v) is 11.8. The molecule has 3 aromatic rings. The van der Waals surface area contributed by atoms with Crippen molar-refractivity contribution in [3.8, 4) is 11.3 Å². The van der Waals surface area contributed by atoms with Crippen LogP contribution in [0.2, 0.25) is 0 Å². The van der Waals surface area contributed by atoms with E-state index >= 15 is 0 Å². The van der Waals surface area contributed by atoms with Gasteiger partial charge in [-0.1, -0.05) is 17.7 Å². The first kappa shape index (κ1) is 11.4. The first-order chi connectivity index (χ1) is 8.65. The summed E-state index contributed by atoms with van der Waals surface area (Å²) in [6.07, 6.45) is 1.76. The minimum atomic E-state index is 0.843. The lowest BCUT2D eigenvalue weighted by Gasteiger charge is -2.07. The zero-order valence-electron chi connectivity index (χ0n) is 10.2. The molecule has 0 unspecified atom stereocenters. The molecule has 0 saturated heterocycles. The SMILES string of the molecule is Cc1ccc(C)c(-c2ccc3ncc(Br)n3n2)c1. The maximum Gasteiger partial charge on any atom is 0.154 e. The van der Waals surface area contributed by atoms with Gasteiger partial charge < -0.3 is 0 Å². The minimum absolute atomic E-state index is 0.843. The van der Waals surface area contributed by atoms with Crippen molar-refractivity contribution in [1.29, 1.82) is 0 Å². The molecule has 1 aromatic carbocycles. The fourth-order valence-corrected chi connectivity index (χ4v) is 2.36. The van der Waals surface area contributed by atoms with Crippen LogP contribution in [0, 0.1) is 13.8 Å². The topological polar surface area (TPSA) is 30.2 Å². The van der Waals surface area contributed by atoms with E-state index in [2.05, 4.69) is 58.1 Å². The van der Waals surface area contributed by atoms with Crippen molar-refractivity contribution < 1.29 is 0 Å². The maximum atomic E-state index is 4.61. The molecule has 0 aliphatic rings. The monoisotopic (exact) mass is 301 g/mol. The molecule has 90 valence electrons. The third-order valence-electron chi connectivity index (χ3n) is 2.99. The summed E-state index contributed by atoms with van der Waals surface area (Å²) in [5, 5.41) is 4.61. The van der Waals surface area contributed by atoms with Gasteiger partial charge >= 0.3 is 0 Å². The van der Waals surface area contributed by atoms with Crippen molar-refractivity contribution in [2.24, 2.45) is 0 Å². The van der Waals surface area contributed by atoms with Gasteiger partial charge in [-0.2, -0.15) is 5.10 Å². The standard InChI is InChI=1S/C14H12BrN3/c1-9-3-4-10(2)11(7-9)12-5-6-14-16-8-13(15)18(14)17-12/h3-8H,1-2H3. The van der Waals surface area contributed by atoms with Gasteiger partial charge in [-0.05, 0) is 53.5 Å². The Kier molecular flexibility index (Phi) is 2.67. The number of imidazole rings is 1. The van der Waals surface area contributed by atoms with Crippen molar-refractivity contribution in [2.45, 2.75) is 13.8 Å². The number of rotatable bonds is 1. The summed E-state index contributed by atoms with van der Waals surface area (Å²) in [7, 11) is 0. The zero-order chi connectivity index (χ0) is 12.7. The smallest absolute Gasteiger partial charge is 0.154 e. The van der Waals surface area contributed by atoms with Crippen LogP contribution in [0.1, 0.15) is 11.1 Å². The number of aromatic nitrogens is 3. The van der Waals surface area contributed by atoms with Crippen LogP contribution >= 0.6 is 15.9 Å². The quantitative estimate of drug-likeness (QED) is 0.685. The molecule has 0 spiro atoms. The Labute approximate surface area is 114 Å². The molecule has 0 N–H and O–H groups in total. The molecule has 3 nitrogen and oxygen atoms in total. The summed E-state index contributed by atoms with van der Waals surface area (Å²) in [6, 6.07) is 10.4. The van der Waals surface area contributed by atoms with E-state index in [0.717, 1.165) is 21.5 Å². The lowest BCUT2D eigenvalue weighted by Crippen LogP contribution is -1.96. The molecular weight excluding hydrogens is 290 g/mol. The van der Waals surface area contributed by atoms with Crippen molar-refractivity contribution in [2.75, 3.05) is 0 Å². The number of benzene rings is 1. The number of fused-ring (bicyclic) bond motifs is 1. The van der Waals surface area contributed by atoms with Gasteiger partial charge in [-0.25, -0.2) is 9.50 Å². The highest BCUT2D eigenvalue weighted by Gasteiger charge is 2.07. The minimum Gasteiger partial charge on any atom is -0.234 e. The average Bonchev–Trinajstić information content (AvgIpc) is 2.74. The van der Waals surface area contributed by atoms with Crippen molar-refractivity contribution in [1.82, 2.24) is 14.6 Å². The molecule has 0 radical (unpaired) electrons. The van der Waals surface area contributed by atoms with E-state index in [4.69, 9.17) is 0 Å². The van der Waals surface area contributed by atoms with Gasteiger partial charge in [0, 0.05) is 5.56 Å². The van der Waals surface area contributed by atoms with Crippen molar-refractivity contribution >= 4 is 21.6 Å². The third-order valence-corrected chi connectivity index (χ3v) is 3.53. The van der Waals surface area contributed by atoms with Gasteiger partial charge in [-0.15, -0.1) is 0 Å². The van der Waals surface area contributed by atoms with Crippen LogP contribution in [0.5, 0.6) is 0 Å². The van der Waals surface area contributed by atoms with Crippen LogP contribution in [-0.4, -0.2) is 14.6 Å². The fourth-order valence-electron chi connectivity index (χ4n) is 2.00. The normalized spacial score (nSPS) is 11.1. The second kappa shape index (κ2) is 4.21. The average molecular weight is 302 g/mol. The Balaban J connectivity index is 2.24. The van der Waals surface area contributed by atoms with Crippen molar-refractivity contribution in [3.05, 3.63) is 52.3 Å². The summed E-state index contributed by atoms with van der Waals surface area (Å²) in [5.41, 5.74) is 5.43. The Bertz CT molecular complexity index is 731. The Morgan fingerprint density at radius 3 is 2.78 bits per heavy atom. The van der Waals surface area contributed by atoms with Gasteiger partial charge in [0.05, 0.1) is 11.9 Å². The van der Waals surface area contributed by atoms with Gasteiger partial charge in [0.2, 0.25) is 0 Å². The Morgan fingerprint density at radius 2 is 1.94 bits per heavy atom. The van der Waals surface area contributed by atoms with E-state index in [0.29, 0.717) is 0 Å². The summed E-state index contributed by atoms with van der Waals surface area (Å²) in [5.74, 6) is 0. The molecule has 0 fully saturated rings. The predicted octanol–water partition coefficient (Wildman–Crippen LogP) is 3.78. The molecule has 0 atom stereocenters. The lowest BCUT2D eigenvalue weighted by atomic mass is 10.0. The Morgan fingerprint density at radius 1 is 1.11 bits per heavy atom. The second-order valence-electron chi connectivity index (χ2n) is 4.39. The number of aryl methyl sites for hydroxylation is 2. The number of hydrogen-bond donors (Lipinski definition) is 0. The van der Waals surface area contributed by atoms with Crippen LogP contribution in [0.4, 0.5) is 0 Å². The molecular formula is C14H12BrN3. The molecule has 0 aliphatic carbocycles. The summed E-state index contributed by atoms with van der Waals surface area (Å²) in [6.45, 7) is 4.19. The van der Waals surface area contributed by atoms with E-state index < -0.39 is 0 Å². The van der Waals surface area contributed by atoms with E-state index in [-0.39, 0.29) is 0 Å². The number of halogens is 1. The fraction of sp³-hybridized carbons (Fsp3) is 0.143. The molecule has 2 heterocycles. The second-order valence-corrected chi connectivity index (χ2v) is 5.20. The molecule has 0 saturated carbocycles. The molecule has 4 heteroatoms. The summed E-state index contributed by atoms with van der Waals surface area (Å²) < 4.78 is 2.67. The van der Waals surface area contributed by atoms with Crippen LogP contribution in [0.25, 0.3) is 16.9 Å². The number of nitrogens with zero attached hydrogens (tertiary/aromatic N) is 3. The summed E-state index contributed by atoms with van der Waals surface area (Å²) >= 11 is 3.44. The first-order valence-corrected chi connectivity index (χ1v) is 6.52. The van der Waals surface area contributed by atoms with E-state index in [1.165, 1.54) is 11.1 Å². The van der Waals surface area contributed by atoms with Crippen LogP contribution in [-0.2, 0) is 0 Å². The van der Waals surface area contributed by atoms with E-state index in [1.807, 2.05) is 12.1 Å². The highest BCUT2D eigenvalue weighted by atomic mass is 79.9. The summed E-state index contributed by atoms with van der Waals surface area (Å²) in [4.78, 5) is 4.25. The lowest BCUT2D eigenvalue weighted by molar-refractivity contribution is 0.921. The molecule has 18 heavy (non-hydrogen) atoms. The van der Waals surface area contributed by atoms with Gasteiger partial charge in [0.25, 0.3) is 0 Å². The third kappa shape index (κ3) is 1.82. The van der Waals surface area contributed by atoms with E-state index in [1.54, 1.807) is 10.7 Å².